The normalized spacial score (nSPS) is 17.1. The van der Waals surface area contributed by atoms with Crippen molar-refractivity contribution in [3.8, 4) is 11.1 Å². The van der Waals surface area contributed by atoms with E-state index in [1.807, 2.05) is 29.2 Å². The van der Waals surface area contributed by atoms with Crippen molar-refractivity contribution >= 4 is 43.9 Å². The topological polar surface area (TPSA) is 116 Å². The Kier molecular flexibility index (Phi) is 6.84. The predicted molar refractivity (Wildman–Crippen MR) is 146 cm³/mol. The van der Waals surface area contributed by atoms with Crippen LogP contribution in [0.1, 0.15) is 28.9 Å². The Morgan fingerprint density at radius 1 is 1.13 bits per heavy atom. The largest absolute Gasteiger partial charge is 0.319 e. The molecular formula is C26H27F2N7O2S. The van der Waals surface area contributed by atoms with Gasteiger partial charge < -0.3 is 5.32 Å². The quantitative estimate of drug-likeness (QED) is 0.304. The summed E-state index contributed by atoms with van der Waals surface area (Å²) in [5, 5.41) is 10.5. The lowest BCUT2D eigenvalue weighted by molar-refractivity contribution is -0.0566. The van der Waals surface area contributed by atoms with Crippen LogP contribution in [0.3, 0.4) is 0 Å². The van der Waals surface area contributed by atoms with Crippen molar-refractivity contribution in [2.75, 3.05) is 29.4 Å². The second-order valence-corrected chi connectivity index (χ2v) is 11.8. The Hall–Kier alpha value is -3.90. The number of anilines is 2. The van der Waals surface area contributed by atoms with Crippen LogP contribution in [-0.4, -0.2) is 66.3 Å². The summed E-state index contributed by atoms with van der Waals surface area (Å²) in [5.41, 5.74) is 4.00. The number of rotatable bonds is 7. The molecule has 1 aliphatic rings. The molecule has 4 heterocycles. The molecule has 1 amide bonds. The molecule has 0 radical (unpaired) electrons. The van der Waals surface area contributed by atoms with Gasteiger partial charge in [-0.15, -0.1) is 0 Å². The van der Waals surface area contributed by atoms with Crippen LogP contribution < -0.4 is 10.0 Å². The zero-order valence-corrected chi connectivity index (χ0v) is 21.5. The molecule has 1 fully saturated rings. The van der Waals surface area contributed by atoms with E-state index in [4.69, 9.17) is 0 Å². The summed E-state index contributed by atoms with van der Waals surface area (Å²) in [5.74, 6) is 0.918. The van der Waals surface area contributed by atoms with Crippen molar-refractivity contribution in [2.45, 2.75) is 25.3 Å². The molecule has 38 heavy (non-hydrogen) atoms. The number of fused-ring (bicyclic) bond motifs is 1. The highest BCUT2D eigenvalue weighted by atomic mass is 32.2. The number of H-pyrrole nitrogens is 1. The average Bonchev–Trinajstić information content (AvgIpc) is 3.29. The number of aromatic nitrogens is 4. The van der Waals surface area contributed by atoms with E-state index in [1.165, 1.54) is 12.5 Å². The van der Waals surface area contributed by atoms with Crippen LogP contribution in [0, 0.1) is 0 Å². The summed E-state index contributed by atoms with van der Waals surface area (Å²) in [6.45, 7) is 1.24. The Balaban J connectivity index is 1.32. The number of piperidine rings is 1. The third-order valence-electron chi connectivity index (χ3n) is 6.24. The third-order valence-corrected chi connectivity index (χ3v) is 6.88. The maximum atomic E-state index is 13.5. The first-order valence-electron chi connectivity index (χ1n) is 11.9. The van der Waals surface area contributed by atoms with E-state index in [9.17, 15) is 17.8 Å². The lowest BCUT2D eigenvalue weighted by Gasteiger charge is -2.31. The summed E-state index contributed by atoms with van der Waals surface area (Å²) in [6.07, 6.45) is 6.14. The van der Waals surface area contributed by atoms with Crippen LogP contribution in [0.25, 0.3) is 22.0 Å². The molecule has 5 rings (SSSR count). The number of hydrogen-bond acceptors (Lipinski definition) is 6. The first-order chi connectivity index (χ1) is 18.0. The molecule has 1 aliphatic heterocycles. The molecule has 1 aromatic carbocycles. The number of likely N-dealkylation sites (tertiary alicyclic amines) is 1. The molecule has 9 nitrogen and oxygen atoms in total. The minimum atomic E-state index is -2.58. The standard InChI is InChI=1S/C26H27F2N7O2S/c1-38(2,37)34-23-6-4-20(15-30-23)31-25(36)24-21-12-18(3-5-22(21)32-33-24)19-11-17(13-29-14-19)16-35-9-7-26(27,28)8-10-35/h3-6,11-15H,1,7-10,16H2,2H3,(H,31,36)(H,32,33)(H,30,34,37). The van der Waals surface area contributed by atoms with E-state index >= 15 is 0 Å². The van der Waals surface area contributed by atoms with Gasteiger partial charge in [-0.05, 0) is 47.3 Å². The second-order valence-electron chi connectivity index (χ2n) is 9.54. The van der Waals surface area contributed by atoms with E-state index < -0.39 is 21.5 Å². The first-order valence-corrected chi connectivity index (χ1v) is 14.1. The number of amides is 1. The van der Waals surface area contributed by atoms with Crippen LogP contribution in [0.5, 0.6) is 0 Å². The number of hydrogen-bond donors (Lipinski definition) is 3. The molecule has 198 valence electrons. The Labute approximate surface area is 218 Å². The van der Waals surface area contributed by atoms with E-state index in [-0.39, 0.29) is 18.5 Å². The van der Waals surface area contributed by atoms with E-state index in [0.29, 0.717) is 42.0 Å². The zero-order chi connectivity index (χ0) is 26.9. The van der Waals surface area contributed by atoms with Crippen molar-refractivity contribution in [3.63, 3.8) is 0 Å². The van der Waals surface area contributed by atoms with Gasteiger partial charge in [-0.25, -0.2) is 18.0 Å². The number of aromatic amines is 1. The fourth-order valence-corrected chi connectivity index (χ4v) is 4.90. The zero-order valence-electron chi connectivity index (χ0n) is 20.7. The highest BCUT2D eigenvalue weighted by molar-refractivity contribution is 8.00. The summed E-state index contributed by atoms with van der Waals surface area (Å²) >= 11 is 0. The molecule has 0 bridgehead atoms. The highest BCUT2D eigenvalue weighted by Crippen LogP contribution is 2.30. The van der Waals surface area contributed by atoms with Gasteiger partial charge in [-0.3, -0.25) is 24.5 Å². The average molecular weight is 540 g/mol. The number of halogens is 2. The number of pyridine rings is 2. The number of benzene rings is 1. The number of carbonyl (C=O) groups excluding carboxylic acids is 1. The van der Waals surface area contributed by atoms with Crippen LogP contribution >= 0.6 is 0 Å². The molecule has 0 aliphatic carbocycles. The molecule has 12 heteroatoms. The number of nitrogens with zero attached hydrogens (tertiary/aromatic N) is 4. The van der Waals surface area contributed by atoms with Gasteiger partial charge in [-0.2, -0.15) is 5.10 Å². The van der Waals surface area contributed by atoms with Crippen molar-refractivity contribution < 1.29 is 17.8 Å². The molecule has 0 spiro atoms. The van der Waals surface area contributed by atoms with Crippen molar-refractivity contribution in [1.29, 1.82) is 0 Å². The third kappa shape index (κ3) is 6.14. The lowest BCUT2D eigenvalue weighted by atomic mass is 10.0. The van der Waals surface area contributed by atoms with Gasteiger partial charge in [0.2, 0.25) is 0 Å². The van der Waals surface area contributed by atoms with E-state index in [1.54, 1.807) is 24.5 Å². The summed E-state index contributed by atoms with van der Waals surface area (Å²) in [6, 6.07) is 10.8. The Morgan fingerprint density at radius 3 is 2.63 bits per heavy atom. The molecule has 3 N–H and O–H groups in total. The molecule has 1 unspecified atom stereocenters. The molecule has 4 aromatic rings. The van der Waals surface area contributed by atoms with Crippen molar-refractivity contribution in [2.24, 2.45) is 0 Å². The van der Waals surface area contributed by atoms with Gasteiger partial charge in [0.05, 0.1) is 17.4 Å². The van der Waals surface area contributed by atoms with Gasteiger partial charge in [-0.1, -0.05) is 6.07 Å². The van der Waals surface area contributed by atoms with Gasteiger partial charge in [0.25, 0.3) is 11.8 Å². The lowest BCUT2D eigenvalue weighted by Crippen LogP contribution is -2.38. The smallest absolute Gasteiger partial charge is 0.276 e. The van der Waals surface area contributed by atoms with Crippen LogP contribution in [0.15, 0.2) is 55.0 Å². The highest BCUT2D eigenvalue weighted by Gasteiger charge is 2.33. The fourth-order valence-electron chi connectivity index (χ4n) is 4.33. The maximum Gasteiger partial charge on any atom is 0.276 e. The van der Waals surface area contributed by atoms with Crippen LogP contribution in [-0.2, 0) is 16.3 Å². The predicted octanol–water partition coefficient (Wildman–Crippen LogP) is 4.18. The van der Waals surface area contributed by atoms with Crippen molar-refractivity contribution in [1.82, 2.24) is 25.1 Å². The monoisotopic (exact) mass is 539 g/mol. The summed E-state index contributed by atoms with van der Waals surface area (Å²) < 4.78 is 41.5. The molecular weight excluding hydrogens is 512 g/mol. The Bertz CT molecular complexity index is 1580. The SMILES string of the molecule is C=S(C)(=O)Nc1ccc(NC(=O)c2n[nH]c3ccc(-c4cncc(CN5CCC(F)(F)CC5)c4)cc23)cn1. The second kappa shape index (κ2) is 10.1. The van der Waals surface area contributed by atoms with E-state index in [0.717, 1.165) is 16.7 Å². The van der Waals surface area contributed by atoms with Gasteiger partial charge in [0, 0.05) is 71.8 Å². The van der Waals surface area contributed by atoms with Gasteiger partial charge in [0.1, 0.15) is 5.82 Å². The van der Waals surface area contributed by atoms with Gasteiger partial charge >= 0.3 is 0 Å². The molecule has 1 atom stereocenters. The van der Waals surface area contributed by atoms with Gasteiger partial charge in [0.15, 0.2) is 5.69 Å². The Morgan fingerprint density at radius 2 is 1.92 bits per heavy atom. The first kappa shape index (κ1) is 25.7. The molecule has 0 saturated carbocycles. The number of alkyl halides is 2. The number of nitrogens with one attached hydrogen (secondary N) is 3. The van der Waals surface area contributed by atoms with Crippen LogP contribution in [0.4, 0.5) is 20.3 Å². The van der Waals surface area contributed by atoms with Crippen LogP contribution in [0.2, 0.25) is 0 Å². The minimum absolute atomic E-state index is 0.129. The fraction of sp³-hybridized carbons (Fsp3) is 0.269. The van der Waals surface area contributed by atoms with Crippen molar-refractivity contribution in [3.05, 3.63) is 66.2 Å². The molecule has 3 aromatic heterocycles. The maximum absolute atomic E-state index is 13.5. The summed E-state index contributed by atoms with van der Waals surface area (Å²) in [4.78, 5) is 23.5. The number of carbonyl (C=O) groups is 1. The minimum Gasteiger partial charge on any atom is -0.319 e. The van der Waals surface area contributed by atoms with E-state index in [2.05, 4.69) is 36.1 Å². The molecule has 1 saturated heterocycles. The summed E-state index contributed by atoms with van der Waals surface area (Å²) in [7, 11) is -2.46.